The zero-order chi connectivity index (χ0) is 6.50. The van der Waals surface area contributed by atoms with Crippen molar-refractivity contribution >= 4 is 37.6 Å². The Labute approximate surface area is 59.2 Å². The maximum atomic E-state index is 9.64. The van der Waals surface area contributed by atoms with Crippen molar-refractivity contribution in [3.05, 3.63) is 0 Å². The normalized spacial score (nSPS) is 9.57. The average Bonchev–Trinajstić information content (AvgIpc) is 1.36. The van der Waals surface area contributed by atoms with E-state index >= 15 is 0 Å². The van der Waals surface area contributed by atoms with E-state index in [1.165, 1.54) is 0 Å². The third-order valence-corrected chi connectivity index (χ3v) is 0. The Kier molecular flexibility index (Phi) is 7.97. The molecule has 0 saturated heterocycles. The van der Waals surface area contributed by atoms with Gasteiger partial charge in [0.2, 0.25) is 0 Å². The van der Waals surface area contributed by atoms with Gasteiger partial charge in [-0.25, -0.2) is 0 Å². The van der Waals surface area contributed by atoms with Crippen molar-refractivity contribution in [1.82, 2.24) is 0 Å². The third-order valence-electron chi connectivity index (χ3n) is 0. The molecule has 4 nitrogen and oxygen atoms in total. The zero-order valence-electron chi connectivity index (χ0n) is 3.67. The van der Waals surface area contributed by atoms with E-state index < -0.39 is 9.05 Å². The molecule has 0 radical (unpaired) electrons. The van der Waals surface area contributed by atoms with Crippen molar-refractivity contribution in [2.45, 2.75) is 0 Å². The Morgan fingerprint density at radius 1 is 1.00 bits per heavy atom. The van der Waals surface area contributed by atoms with Crippen LogP contribution < -0.4 is 0 Å². The summed E-state index contributed by atoms with van der Waals surface area (Å²) in [6.45, 7) is 0. The molecular formula is H4FNaO4Si. The van der Waals surface area contributed by atoms with Gasteiger partial charge in [0.1, 0.15) is 0 Å². The van der Waals surface area contributed by atoms with E-state index in [0.29, 0.717) is 0 Å². The van der Waals surface area contributed by atoms with Crippen LogP contribution in [0.4, 0.5) is 2.27 Å². The predicted octanol–water partition coefficient (Wildman–Crippen LogP) is -2.57. The molecule has 0 aromatic rings. The molecule has 4 N–H and O–H groups in total. The molecule has 0 saturated carbocycles. The first-order valence-corrected chi connectivity index (χ1v) is 3.82. The van der Waals surface area contributed by atoms with Crippen LogP contribution in [-0.2, 0) is 0 Å². The third kappa shape index (κ3) is 178. The summed E-state index contributed by atoms with van der Waals surface area (Å²) in [6.07, 6.45) is 0. The molecule has 0 atom stereocenters. The fraction of sp³-hybridized carbons (Fsp3) is 0. The van der Waals surface area contributed by atoms with Crippen LogP contribution >= 0.6 is 0 Å². The molecule has 7 heteroatoms. The summed E-state index contributed by atoms with van der Waals surface area (Å²) in [5, 5.41) is 0. The van der Waals surface area contributed by atoms with E-state index in [0.717, 1.165) is 0 Å². The zero-order valence-corrected chi connectivity index (χ0v) is 6.67. The standard InChI is InChI=1S/FH.Na.H4O4Si/c;;1-5(2,3)4/h1H;;1-4H/q;+1;/p-1. The van der Waals surface area contributed by atoms with E-state index in [1.807, 2.05) is 0 Å². The molecular weight excluding hydrogens is 134 g/mol. The summed E-state index contributed by atoms with van der Waals surface area (Å²) in [7, 11) is -4.61. The molecule has 0 fully saturated rings. The first kappa shape index (κ1) is 10.9. The van der Waals surface area contributed by atoms with Crippen LogP contribution in [0.15, 0.2) is 0 Å². The number of hydrogen-bond acceptors (Lipinski definition) is 4. The second kappa shape index (κ2) is 5.13. The van der Waals surface area contributed by atoms with Gasteiger partial charge < -0.3 is 19.2 Å². The van der Waals surface area contributed by atoms with Crippen molar-refractivity contribution in [2.75, 3.05) is 0 Å². The maximum absolute atomic E-state index is 9.64. The molecule has 0 aliphatic rings. The van der Waals surface area contributed by atoms with Gasteiger partial charge in [-0.05, 0) is 0 Å². The Balaban J connectivity index is 0. The van der Waals surface area contributed by atoms with Crippen LogP contribution in [-0.4, -0.2) is 56.8 Å². The summed E-state index contributed by atoms with van der Waals surface area (Å²) in [5.41, 5.74) is 0. The van der Waals surface area contributed by atoms with Crippen molar-refractivity contribution in [1.29, 1.82) is 0 Å². The second-order valence-electron chi connectivity index (χ2n) is 0.600. The van der Waals surface area contributed by atoms with Gasteiger partial charge in [-0.1, -0.05) is 0 Å². The topological polar surface area (TPSA) is 80.9 Å². The molecule has 0 bridgehead atoms. The van der Waals surface area contributed by atoms with E-state index in [1.54, 1.807) is 0 Å². The van der Waals surface area contributed by atoms with Gasteiger partial charge in [-0.15, -0.1) is 0 Å². The fourth-order valence-electron chi connectivity index (χ4n) is 0. The van der Waals surface area contributed by atoms with E-state index in [-0.39, 0.29) is 28.6 Å². The quantitative estimate of drug-likeness (QED) is 0.277. The van der Waals surface area contributed by atoms with Crippen LogP contribution in [0.1, 0.15) is 0 Å². The van der Waals surface area contributed by atoms with E-state index in [4.69, 9.17) is 19.2 Å². The average molecular weight is 138 g/mol. The summed E-state index contributed by atoms with van der Waals surface area (Å²) < 4.78 is 9.64. The molecule has 0 unspecified atom stereocenters. The number of hydrogen-bond donors (Lipinski definition) is 4. The Morgan fingerprint density at radius 2 is 1.00 bits per heavy atom. The molecule has 0 aliphatic carbocycles. The van der Waals surface area contributed by atoms with Gasteiger partial charge in [0.25, 0.3) is 0 Å². The Hall–Kier alpha value is 0.987. The molecule has 0 heterocycles. The molecule has 0 rings (SSSR count). The molecule has 0 amide bonds. The van der Waals surface area contributed by atoms with Gasteiger partial charge in [-0.3, -0.25) is 0 Å². The number of rotatable bonds is 0. The second-order valence-corrected chi connectivity index (χ2v) is 1.80. The molecule has 0 aliphatic heterocycles. The van der Waals surface area contributed by atoms with Crippen molar-refractivity contribution < 1.29 is 21.5 Å². The molecule has 40 valence electrons. The van der Waals surface area contributed by atoms with Crippen molar-refractivity contribution in [3.8, 4) is 0 Å². The van der Waals surface area contributed by atoms with E-state index in [9.17, 15) is 2.27 Å². The van der Waals surface area contributed by atoms with Gasteiger partial charge in [0.15, 0.2) is 0 Å². The molecule has 0 aromatic heterocycles. The summed E-state index contributed by atoms with van der Waals surface area (Å²) in [6, 6.07) is 0. The minimum absolute atomic E-state index is 0.194. The number of halogens is 1. The summed E-state index contributed by atoms with van der Waals surface area (Å²) >= 11 is -0.194. The summed E-state index contributed by atoms with van der Waals surface area (Å²) in [4.78, 5) is 29.3. The van der Waals surface area contributed by atoms with E-state index in [2.05, 4.69) is 0 Å². The molecule has 0 spiro atoms. The van der Waals surface area contributed by atoms with Crippen LogP contribution in [0.5, 0.6) is 0 Å². The fourth-order valence-corrected chi connectivity index (χ4v) is 0. The Morgan fingerprint density at radius 3 is 1.00 bits per heavy atom. The molecule has 0 aromatic carbocycles. The SMILES string of the molecule is O[Si](O)(O)O.[F][Na]. The monoisotopic (exact) mass is 138 g/mol. The van der Waals surface area contributed by atoms with Gasteiger partial charge >= 0.3 is 39.9 Å². The van der Waals surface area contributed by atoms with Crippen molar-refractivity contribution in [3.63, 3.8) is 0 Å². The van der Waals surface area contributed by atoms with Crippen LogP contribution in [0.2, 0.25) is 0 Å². The van der Waals surface area contributed by atoms with Crippen LogP contribution in [0.3, 0.4) is 0 Å². The first-order valence-electron chi connectivity index (χ1n) is 1.27. The van der Waals surface area contributed by atoms with Gasteiger partial charge in [0.05, 0.1) is 0 Å². The minimum atomic E-state index is -4.61. The van der Waals surface area contributed by atoms with Gasteiger partial charge in [0, 0.05) is 0 Å². The van der Waals surface area contributed by atoms with Crippen molar-refractivity contribution in [2.24, 2.45) is 0 Å². The molecule has 7 heavy (non-hydrogen) atoms. The first-order chi connectivity index (χ1) is 3.00. The Bertz CT molecular complexity index is 27.2. The summed E-state index contributed by atoms with van der Waals surface area (Å²) in [5.74, 6) is 0. The van der Waals surface area contributed by atoms with Crippen LogP contribution in [0.25, 0.3) is 0 Å². The van der Waals surface area contributed by atoms with Gasteiger partial charge in [-0.2, -0.15) is 0 Å². The predicted molar refractivity (Wildman–Crippen MR) is 21.5 cm³/mol. The van der Waals surface area contributed by atoms with Crippen LogP contribution in [0, 0.1) is 0 Å².